The Morgan fingerprint density at radius 1 is 0.316 bits per heavy atom. The summed E-state index contributed by atoms with van der Waals surface area (Å²) >= 11 is 0. The second kappa shape index (κ2) is 66.4. The normalized spacial score (nSPS) is 12.4. The highest BCUT2D eigenvalue weighted by Crippen LogP contribution is 2.20. The summed E-state index contributed by atoms with van der Waals surface area (Å²) in [7, 11) is 0. The molecule has 1 amide bonds. The fraction of sp³-hybridized carbons (Fsp3) is 0.971. The molecule has 0 saturated carbocycles. The van der Waals surface area contributed by atoms with E-state index in [2.05, 4.69) is 19.2 Å². The van der Waals surface area contributed by atoms with Gasteiger partial charge in [-0.25, -0.2) is 0 Å². The molecule has 6 nitrogen and oxygen atoms in total. The number of unbranched alkanes of at least 4 members (excludes halogenated alkanes) is 56. The summed E-state index contributed by atoms with van der Waals surface area (Å²) in [4.78, 5) is 24.4. The van der Waals surface area contributed by atoms with Gasteiger partial charge in [0.25, 0.3) is 0 Å². The molecule has 6 heteroatoms. The summed E-state index contributed by atoms with van der Waals surface area (Å²) in [5.41, 5.74) is 0. The molecule has 0 aromatic carbocycles. The summed E-state index contributed by atoms with van der Waals surface area (Å²) < 4.78 is 5.48. The monoisotopic (exact) mass is 1070 g/mol. The van der Waals surface area contributed by atoms with Crippen LogP contribution in [0.15, 0.2) is 0 Å². The lowest BCUT2D eigenvalue weighted by atomic mass is 10.0. The Morgan fingerprint density at radius 3 is 0.803 bits per heavy atom. The minimum absolute atomic E-state index is 0.0245. The van der Waals surface area contributed by atoms with Gasteiger partial charge in [-0.1, -0.05) is 373 Å². The van der Waals surface area contributed by atoms with Crippen LogP contribution in [0.25, 0.3) is 0 Å². The Kier molecular flexibility index (Phi) is 65.4. The van der Waals surface area contributed by atoms with Crippen LogP contribution in [0.1, 0.15) is 412 Å². The first kappa shape index (κ1) is 74.9. The van der Waals surface area contributed by atoms with Gasteiger partial charge in [0.05, 0.1) is 25.4 Å². The molecule has 2 unspecified atom stereocenters. The number of rotatable bonds is 67. The lowest BCUT2D eigenvalue weighted by molar-refractivity contribution is -0.143. The molecule has 454 valence electrons. The zero-order chi connectivity index (χ0) is 55.0. The van der Waals surface area contributed by atoms with Gasteiger partial charge >= 0.3 is 5.97 Å². The van der Waals surface area contributed by atoms with Crippen molar-refractivity contribution >= 4 is 11.9 Å². The molecule has 3 N–H and O–H groups in total. The number of carbonyl (C=O) groups is 2. The van der Waals surface area contributed by atoms with E-state index in [-0.39, 0.29) is 18.5 Å². The van der Waals surface area contributed by atoms with Gasteiger partial charge < -0.3 is 20.3 Å². The van der Waals surface area contributed by atoms with E-state index in [1.807, 2.05) is 0 Å². The van der Waals surface area contributed by atoms with Crippen LogP contribution in [-0.2, 0) is 14.3 Å². The largest absolute Gasteiger partial charge is 0.466 e. The van der Waals surface area contributed by atoms with Crippen molar-refractivity contribution in [1.82, 2.24) is 5.32 Å². The Labute approximate surface area is 476 Å². The van der Waals surface area contributed by atoms with Crippen LogP contribution in [0, 0.1) is 0 Å². The zero-order valence-corrected chi connectivity index (χ0v) is 52.0. The van der Waals surface area contributed by atoms with Crippen LogP contribution in [0.4, 0.5) is 0 Å². The van der Waals surface area contributed by atoms with Gasteiger partial charge in [-0.2, -0.15) is 0 Å². The summed E-state index contributed by atoms with van der Waals surface area (Å²) in [6.45, 7) is 4.97. The van der Waals surface area contributed by atoms with Gasteiger partial charge in [0.1, 0.15) is 0 Å². The molecule has 0 bridgehead atoms. The van der Waals surface area contributed by atoms with Gasteiger partial charge in [-0.05, 0) is 25.7 Å². The molecule has 0 aromatic heterocycles. The Balaban J connectivity index is 3.24. The SMILES string of the molecule is CCCCCCCCCCCCCC(=O)OCCCCCCCCCCCCCCCCCCCCCCCCCCCCCCCCCCCCCCCCCC(=O)NC(CO)C(O)CCCCCCCCCCC. The number of hydrogen-bond donors (Lipinski definition) is 3. The average Bonchev–Trinajstić information content (AvgIpc) is 3.42. The van der Waals surface area contributed by atoms with Crippen molar-refractivity contribution in [2.75, 3.05) is 13.2 Å². The van der Waals surface area contributed by atoms with E-state index >= 15 is 0 Å². The van der Waals surface area contributed by atoms with Gasteiger partial charge in [-0.3, -0.25) is 9.59 Å². The second-order valence-electron chi connectivity index (χ2n) is 24.6. The number of amides is 1. The third kappa shape index (κ3) is 62.1. The molecule has 0 aliphatic rings. The third-order valence-electron chi connectivity index (χ3n) is 16.9. The molecule has 2 atom stereocenters. The molecular weight excluding hydrogens is 935 g/mol. The van der Waals surface area contributed by atoms with Crippen molar-refractivity contribution in [2.24, 2.45) is 0 Å². The highest BCUT2D eigenvalue weighted by molar-refractivity contribution is 5.76. The van der Waals surface area contributed by atoms with Crippen LogP contribution < -0.4 is 5.32 Å². The molecule has 0 aliphatic heterocycles. The number of aliphatic hydroxyl groups excluding tert-OH is 2. The zero-order valence-electron chi connectivity index (χ0n) is 52.0. The summed E-state index contributed by atoms with van der Waals surface area (Å²) in [6.07, 6.45) is 80.5. The fourth-order valence-corrected chi connectivity index (χ4v) is 11.5. The Hall–Kier alpha value is -1.14. The molecule has 0 saturated heterocycles. The number of esters is 1. The van der Waals surface area contributed by atoms with E-state index in [1.165, 1.54) is 340 Å². The van der Waals surface area contributed by atoms with E-state index in [0.717, 1.165) is 38.5 Å². The van der Waals surface area contributed by atoms with Crippen molar-refractivity contribution in [2.45, 2.75) is 424 Å². The van der Waals surface area contributed by atoms with E-state index in [4.69, 9.17) is 4.74 Å². The summed E-state index contributed by atoms with van der Waals surface area (Å²) in [5, 5.41) is 23.1. The number of carbonyl (C=O) groups excluding carboxylic acids is 2. The van der Waals surface area contributed by atoms with Crippen LogP contribution >= 0.6 is 0 Å². The Bertz CT molecular complexity index is 1100. The first-order chi connectivity index (χ1) is 37.5. The number of ether oxygens (including phenoxy) is 1. The fourth-order valence-electron chi connectivity index (χ4n) is 11.5. The molecule has 0 heterocycles. The smallest absolute Gasteiger partial charge is 0.305 e. The quantitative estimate of drug-likeness (QED) is 0.0417. The van der Waals surface area contributed by atoms with Gasteiger partial charge in [0.15, 0.2) is 0 Å². The maximum atomic E-state index is 12.4. The molecule has 0 aliphatic carbocycles. The van der Waals surface area contributed by atoms with Crippen molar-refractivity contribution in [3.8, 4) is 0 Å². The number of aliphatic hydroxyl groups is 2. The van der Waals surface area contributed by atoms with Crippen molar-refractivity contribution in [3.63, 3.8) is 0 Å². The third-order valence-corrected chi connectivity index (χ3v) is 16.9. The van der Waals surface area contributed by atoms with Crippen LogP contribution in [0.3, 0.4) is 0 Å². The highest BCUT2D eigenvalue weighted by atomic mass is 16.5. The maximum absolute atomic E-state index is 12.4. The van der Waals surface area contributed by atoms with E-state index in [9.17, 15) is 19.8 Å². The Morgan fingerprint density at radius 2 is 0.539 bits per heavy atom. The first-order valence-electron chi connectivity index (χ1n) is 35.3. The molecule has 0 aromatic rings. The predicted octanol–water partition coefficient (Wildman–Crippen LogP) is 22.6. The molecular formula is C70H139NO5. The van der Waals surface area contributed by atoms with Crippen molar-refractivity contribution < 1.29 is 24.5 Å². The van der Waals surface area contributed by atoms with Gasteiger partial charge in [0, 0.05) is 12.8 Å². The van der Waals surface area contributed by atoms with Gasteiger partial charge in [0.2, 0.25) is 5.91 Å². The topological polar surface area (TPSA) is 95.9 Å². The minimum atomic E-state index is -0.656. The maximum Gasteiger partial charge on any atom is 0.305 e. The lowest BCUT2D eigenvalue weighted by Crippen LogP contribution is -2.45. The molecule has 0 radical (unpaired) electrons. The molecule has 0 fully saturated rings. The number of nitrogens with one attached hydrogen (secondary N) is 1. The van der Waals surface area contributed by atoms with Gasteiger partial charge in [-0.15, -0.1) is 0 Å². The van der Waals surface area contributed by atoms with E-state index < -0.39 is 12.1 Å². The number of hydrogen-bond acceptors (Lipinski definition) is 5. The van der Waals surface area contributed by atoms with Crippen LogP contribution in [0.2, 0.25) is 0 Å². The van der Waals surface area contributed by atoms with Crippen molar-refractivity contribution in [3.05, 3.63) is 0 Å². The first-order valence-corrected chi connectivity index (χ1v) is 35.3. The summed E-state index contributed by atoms with van der Waals surface area (Å²) in [6, 6.07) is -0.533. The minimum Gasteiger partial charge on any atom is -0.466 e. The van der Waals surface area contributed by atoms with Crippen LogP contribution in [-0.4, -0.2) is 47.4 Å². The molecule has 0 rings (SSSR count). The lowest BCUT2D eigenvalue weighted by Gasteiger charge is -2.22. The standard InChI is InChI=1S/C70H139NO5/c1-3-5-7-9-11-13-43-48-52-56-60-64-70(75)76-65-61-57-53-49-45-42-40-38-36-34-32-30-28-26-24-22-20-18-16-14-15-17-19-21-23-25-27-29-31-33-35-37-39-41-44-47-51-55-59-63-69(74)71-67(66-72)68(73)62-58-54-50-46-12-10-8-6-4-2/h67-68,72-73H,3-66H2,1-2H3,(H,71,74). The molecule has 0 spiro atoms. The average molecular weight is 1070 g/mol. The predicted molar refractivity (Wildman–Crippen MR) is 334 cm³/mol. The van der Waals surface area contributed by atoms with Crippen molar-refractivity contribution in [1.29, 1.82) is 0 Å². The summed E-state index contributed by atoms with van der Waals surface area (Å²) in [5.74, 6) is -0.00430. The second-order valence-corrected chi connectivity index (χ2v) is 24.6. The van der Waals surface area contributed by atoms with Crippen LogP contribution in [0.5, 0.6) is 0 Å². The highest BCUT2D eigenvalue weighted by Gasteiger charge is 2.20. The molecule has 76 heavy (non-hydrogen) atoms. The van der Waals surface area contributed by atoms with E-state index in [0.29, 0.717) is 25.9 Å². The van der Waals surface area contributed by atoms with E-state index in [1.54, 1.807) is 0 Å².